The summed E-state index contributed by atoms with van der Waals surface area (Å²) >= 11 is 3.34. The zero-order chi connectivity index (χ0) is 14.4. The van der Waals surface area contributed by atoms with Gasteiger partial charge < -0.3 is 15.6 Å². The van der Waals surface area contributed by atoms with Gasteiger partial charge in [-0.2, -0.15) is 0 Å². The van der Waals surface area contributed by atoms with Crippen LogP contribution in [0.1, 0.15) is 5.56 Å². The second-order valence-corrected chi connectivity index (χ2v) is 4.88. The van der Waals surface area contributed by atoms with Crippen LogP contribution in [-0.2, 0) is 16.1 Å². The van der Waals surface area contributed by atoms with Crippen molar-refractivity contribution in [2.75, 3.05) is 20.2 Å². The van der Waals surface area contributed by atoms with Crippen molar-refractivity contribution in [2.45, 2.75) is 6.54 Å². The van der Waals surface area contributed by atoms with Crippen LogP contribution in [0.25, 0.3) is 0 Å². The van der Waals surface area contributed by atoms with Crippen LogP contribution in [0.3, 0.4) is 0 Å². The molecule has 0 spiro atoms. The number of nitrogens with two attached hydrogens (primary N) is 1. The lowest BCUT2D eigenvalue weighted by molar-refractivity contribution is -0.138. The highest BCUT2D eigenvalue weighted by molar-refractivity contribution is 9.10. The molecular weight excluding hydrogens is 316 g/mol. The number of primary amides is 1. The molecule has 7 heteroatoms. The molecule has 0 aromatic heterocycles. The van der Waals surface area contributed by atoms with Gasteiger partial charge in [-0.3, -0.25) is 14.5 Å². The standard InChI is InChI=1S/C12H15BrN2O4/c1-19-10-3-2-9(13)4-8(10)5-15(6-11(14)16)7-12(17)18/h2-4H,5-7H2,1H3,(H2,14,16)(H,17,18). The molecule has 6 nitrogen and oxygen atoms in total. The number of carboxylic acids is 1. The Labute approximate surface area is 119 Å². The predicted molar refractivity (Wildman–Crippen MR) is 72.8 cm³/mol. The maximum atomic E-state index is 10.9. The molecule has 0 unspecified atom stereocenters. The molecular formula is C12H15BrN2O4. The van der Waals surface area contributed by atoms with Crippen molar-refractivity contribution in [3.8, 4) is 5.75 Å². The molecule has 0 fully saturated rings. The van der Waals surface area contributed by atoms with Gasteiger partial charge in [-0.25, -0.2) is 0 Å². The number of carboxylic acid groups (broad SMARTS) is 1. The molecule has 1 rings (SSSR count). The van der Waals surface area contributed by atoms with Gasteiger partial charge in [-0.05, 0) is 18.2 Å². The summed E-state index contributed by atoms with van der Waals surface area (Å²) in [5, 5.41) is 8.82. The molecule has 1 amide bonds. The van der Waals surface area contributed by atoms with Crippen LogP contribution in [0.2, 0.25) is 0 Å². The molecule has 3 N–H and O–H groups in total. The highest BCUT2D eigenvalue weighted by Gasteiger charge is 2.15. The highest BCUT2D eigenvalue weighted by Crippen LogP contribution is 2.24. The van der Waals surface area contributed by atoms with Gasteiger partial charge in [0.1, 0.15) is 5.75 Å². The van der Waals surface area contributed by atoms with Crippen LogP contribution in [0, 0.1) is 0 Å². The van der Waals surface area contributed by atoms with Gasteiger partial charge in [-0.15, -0.1) is 0 Å². The summed E-state index contributed by atoms with van der Waals surface area (Å²) in [6.45, 7) is -0.127. The summed E-state index contributed by atoms with van der Waals surface area (Å²) in [5.74, 6) is -0.964. The molecule has 1 aromatic rings. The first-order valence-corrected chi connectivity index (χ1v) is 6.26. The van der Waals surface area contributed by atoms with Gasteiger partial charge >= 0.3 is 5.97 Å². The fourth-order valence-electron chi connectivity index (χ4n) is 1.69. The Morgan fingerprint density at radius 1 is 1.42 bits per heavy atom. The number of ether oxygens (including phenoxy) is 1. The summed E-state index contributed by atoms with van der Waals surface area (Å²) in [6.07, 6.45) is 0. The average molecular weight is 331 g/mol. The lowest BCUT2D eigenvalue weighted by atomic mass is 10.2. The van der Waals surface area contributed by atoms with E-state index in [0.29, 0.717) is 5.75 Å². The third-order valence-corrected chi connectivity index (χ3v) is 2.87. The van der Waals surface area contributed by atoms with E-state index >= 15 is 0 Å². The average Bonchev–Trinajstić information content (AvgIpc) is 2.27. The molecule has 19 heavy (non-hydrogen) atoms. The van der Waals surface area contributed by atoms with Crippen molar-refractivity contribution < 1.29 is 19.4 Å². The molecule has 0 bridgehead atoms. The normalized spacial score (nSPS) is 10.5. The second kappa shape index (κ2) is 7.10. The number of methoxy groups -OCH3 is 1. The Bertz CT molecular complexity index is 463. The van der Waals surface area contributed by atoms with Crippen LogP contribution in [0.5, 0.6) is 5.75 Å². The Balaban J connectivity index is 2.90. The summed E-state index contributed by atoms with van der Waals surface area (Å²) < 4.78 is 6.05. The maximum absolute atomic E-state index is 10.9. The van der Waals surface area contributed by atoms with Crippen molar-refractivity contribution in [3.05, 3.63) is 28.2 Å². The van der Waals surface area contributed by atoms with E-state index in [-0.39, 0.29) is 19.6 Å². The van der Waals surface area contributed by atoms with E-state index in [1.165, 1.54) is 12.0 Å². The third kappa shape index (κ3) is 5.27. The molecule has 0 radical (unpaired) electrons. The number of rotatable bonds is 7. The number of nitrogens with zero attached hydrogens (tertiary/aromatic N) is 1. The number of benzene rings is 1. The van der Waals surface area contributed by atoms with Gasteiger partial charge in [-0.1, -0.05) is 15.9 Å². The number of halogens is 1. The summed E-state index contributed by atoms with van der Waals surface area (Å²) in [6, 6.07) is 5.40. The molecule has 0 atom stereocenters. The highest BCUT2D eigenvalue weighted by atomic mass is 79.9. The predicted octanol–water partition coefficient (Wildman–Crippen LogP) is 0.830. The van der Waals surface area contributed by atoms with Crippen LogP contribution in [-0.4, -0.2) is 42.1 Å². The summed E-state index contributed by atoms with van der Waals surface area (Å²) in [4.78, 5) is 23.2. The fourth-order valence-corrected chi connectivity index (χ4v) is 2.10. The largest absolute Gasteiger partial charge is 0.496 e. The monoisotopic (exact) mass is 330 g/mol. The molecule has 104 valence electrons. The van der Waals surface area contributed by atoms with E-state index in [1.54, 1.807) is 6.07 Å². The van der Waals surface area contributed by atoms with E-state index in [0.717, 1.165) is 10.0 Å². The van der Waals surface area contributed by atoms with E-state index in [1.807, 2.05) is 12.1 Å². The van der Waals surface area contributed by atoms with Crippen molar-refractivity contribution in [3.63, 3.8) is 0 Å². The first kappa shape index (κ1) is 15.5. The maximum Gasteiger partial charge on any atom is 0.317 e. The van der Waals surface area contributed by atoms with E-state index in [9.17, 15) is 9.59 Å². The SMILES string of the molecule is COc1ccc(Br)cc1CN(CC(N)=O)CC(=O)O. The Kier molecular flexibility index (Phi) is 5.78. The number of carbonyl (C=O) groups is 2. The van der Waals surface area contributed by atoms with Crippen LogP contribution in [0.4, 0.5) is 0 Å². The minimum Gasteiger partial charge on any atom is -0.496 e. The minimum atomic E-state index is -1.02. The molecule has 0 aliphatic rings. The van der Waals surface area contributed by atoms with Crippen molar-refractivity contribution in [2.24, 2.45) is 5.73 Å². The molecule has 0 aliphatic heterocycles. The topological polar surface area (TPSA) is 92.9 Å². The summed E-state index contributed by atoms with van der Waals surface area (Å²) in [5.41, 5.74) is 5.89. The zero-order valence-corrected chi connectivity index (χ0v) is 12.0. The van der Waals surface area contributed by atoms with Crippen molar-refractivity contribution in [1.82, 2.24) is 4.90 Å². The third-order valence-electron chi connectivity index (χ3n) is 2.37. The smallest absolute Gasteiger partial charge is 0.317 e. The molecule has 1 aromatic carbocycles. The number of hydrogen-bond acceptors (Lipinski definition) is 4. The van der Waals surface area contributed by atoms with Crippen molar-refractivity contribution in [1.29, 1.82) is 0 Å². The fraction of sp³-hybridized carbons (Fsp3) is 0.333. The Hall–Kier alpha value is -1.60. The van der Waals surface area contributed by atoms with Gasteiger partial charge in [0, 0.05) is 16.6 Å². The molecule has 0 saturated heterocycles. The van der Waals surface area contributed by atoms with Gasteiger partial charge in [0.15, 0.2) is 0 Å². The lowest BCUT2D eigenvalue weighted by Crippen LogP contribution is -2.36. The van der Waals surface area contributed by atoms with Gasteiger partial charge in [0.05, 0.1) is 20.2 Å². The van der Waals surface area contributed by atoms with Gasteiger partial charge in [0.2, 0.25) is 5.91 Å². The number of aliphatic carboxylic acids is 1. The first-order valence-electron chi connectivity index (χ1n) is 5.47. The Morgan fingerprint density at radius 2 is 2.11 bits per heavy atom. The van der Waals surface area contributed by atoms with E-state index in [2.05, 4.69) is 15.9 Å². The molecule has 0 aliphatic carbocycles. The number of amides is 1. The first-order chi connectivity index (χ1) is 8.92. The van der Waals surface area contributed by atoms with Crippen molar-refractivity contribution >= 4 is 27.8 Å². The van der Waals surface area contributed by atoms with Crippen LogP contribution in [0.15, 0.2) is 22.7 Å². The number of carbonyl (C=O) groups excluding carboxylic acids is 1. The zero-order valence-electron chi connectivity index (χ0n) is 10.4. The van der Waals surface area contributed by atoms with Gasteiger partial charge in [0.25, 0.3) is 0 Å². The quantitative estimate of drug-likeness (QED) is 0.772. The number of hydrogen-bond donors (Lipinski definition) is 2. The van der Waals surface area contributed by atoms with Crippen LogP contribution < -0.4 is 10.5 Å². The lowest BCUT2D eigenvalue weighted by Gasteiger charge is -2.20. The molecule has 0 heterocycles. The molecule has 0 saturated carbocycles. The van der Waals surface area contributed by atoms with Crippen LogP contribution >= 0.6 is 15.9 Å². The summed E-state index contributed by atoms with van der Waals surface area (Å²) in [7, 11) is 1.53. The minimum absolute atomic E-state index is 0.123. The Morgan fingerprint density at radius 3 is 2.63 bits per heavy atom. The second-order valence-electron chi connectivity index (χ2n) is 3.96. The van der Waals surface area contributed by atoms with E-state index < -0.39 is 11.9 Å². The van der Waals surface area contributed by atoms with E-state index in [4.69, 9.17) is 15.6 Å².